The largest absolute Gasteiger partial charge is 0.496 e. The standard InChI is InChI=1S/C15H14Br2FNO/c1-8-3-4-9(11(16)5-8)15(19)10-6-12(17)13(18)7-14(10)20-2/h3-7,15H,19H2,1-2H3. The maximum atomic E-state index is 13.6. The summed E-state index contributed by atoms with van der Waals surface area (Å²) >= 11 is 6.70. The molecule has 0 fully saturated rings. The van der Waals surface area contributed by atoms with Gasteiger partial charge in [0.25, 0.3) is 0 Å². The third-order valence-electron chi connectivity index (χ3n) is 3.10. The fourth-order valence-corrected chi connectivity index (χ4v) is 3.12. The topological polar surface area (TPSA) is 35.2 Å². The molecule has 2 aromatic carbocycles. The highest BCUT2D eigenvalue weighted by Crippen LogP contribution is 2.35. The number of aryl methyl sites for hydroxylation is 1. The summed E-state index contributed by atoms with van der Waals surface area (Å²) in [4.78, 5) is 0. The van der Waals surface area contributed by atoms with E-state index < -0.39 is 6.04 Å². The molecular weight excluding hydrogens is 389 g/mol. The Morgan fingerprint density at radius 2 is 1.80 bits per heavy atom. The van der Waals surface area contributed by atoms with Crippen LogP contribution in [0.15, 0.2) is 39.3 Å². The summed E-state index contributed by atoms with van der Waals surface area (Å²) in [6.45, 7) is 2.01. The van der Waals surface area contributed by atoms with Crippen molar-refractivity contribution in [3.63, 3.8) is 0 Å². The van der Waals surface area contributed by atoms with E-state index in [1.54, 1.807) is 6.07 Å². The van der Waals surface area contributed by atoms with Crippen LogP contribution in [0.1, 0.15) is 22.7 Å². The van der Waals surface area contributed by atoms with Gasteiger partial charge >= 0.3 is 0 Å². The van der Waals surface area contributed by atoms with Crippen molar-refractivity contribution in [1.82, 2.24) is 0 Å². The molecule has 2 N–H and O–H groups in total. The molecule has 0 aliphatic rings. The summed E-state index contributed by atoms with van der Waals surface area (Å²) in [7, 11) is 1.50. The highest BCUT2D eigenvalue weighted by molar-refractivity contribution is 9.10. The van der Waals surface area contributed by atoms with Crippen LogP contribution in [0.4, 0.5) is 4.39 Å². The Bertz CT molecular complexity index is 646. The van der Waals surface area contributed by atoms with Gasteiger partial charge in [0.05, 0.1) is 17.6 Å². The fourth-order valence-electron chi connectivity index (χ4n) is 2.02. The maximum Gasteiger partial charge on any atom is 0.141 e. The van der Waals surface area contributed by atoms with Gasteiger partial charge in [-0.1, -0.05) is 28.1 Å². The van der Waals surface area contributed by atoms with Crippen LogP contribution in [-0.2, 0) is 0 Å². The third-order valence-corrected chi connectivity index (χ3v) is 4.39. The van der Waals surface area contributed by atoms with E-state index in [2.05, 4.69) is 31.9 Å². The summed E-state index contributed by atoms with van der Waals surface area (Å²) < 4.78 is 20.1. The van der Waals surface area contributed by atoms with Crippen LogP contribution >= 0.6 is 31.9 Å². The number of methoxy groups -OCH3 is 1. The molecule has 20 heavy (non-hydrogen) atoms. The molecule has 0 aromatic heterocycles. The molecule has 1 atom stereocenters. The second kappa shape index (κ2) is 6.24. The van der Waals surface area contributed by atoms with Gasteiger partial charge in [0, 0.05) is 16.1 Å². The van der Waals surface area contributed by atoms with Gasteiger partial charge in [-0.15, -0.1) is 0 Å². The van der Waals surface area contributed by atoms with Crippen molar-refractivity contribution in [3.8, 4) is 5.75 Å². The van der Waals surface area contributed by atoms with Crippen LogP contribution in [-0.4, -0.2) is 7.11 Å². The normalized spacial score (nSPS) is 12.3. The van der Waals surface area contributed by atoms with Gasteiger partial charge in [-0.25, -0.2) is 4.39 Å². The second-order valence-electron chi connectivity index (χ2n) is 4.51. The van der Waals surface area contributed by atoms with Crippen LogP contribution in [0.25, 0.3) is 0 Å². The summed E-state index contributed by atoms with van der Waals surface area (Å²) in [5.41, 5.74) is 9.10. The first-order valence-corrected chi connectivity index (χ1v) is 7.57. The van der Waals surface area contributed by atoms with Crippen LogP contribution < -0.4 is 10.5 Å². The van der Waals surface area contributed by atoms with Crippen molar-refractivity contribution in [2.24, 2.45) is 5.73 Å². The predicted molar refractivity (Wildman–Crippen MR) is 85.6 cm³/mol. The van der Waals surface area contributed by atoms with E-state index in [0.29, 0.717) is 10.2 Å². The van der Waals surface area contributed by atoms with E-state index >= 15 is 0 Å². The molecule has 0 bridgehead atoms. The van der Waals surface area contributed by atoms with E-state index in [1.807, 2.05) is 25.1 Å². The Labute approximate surface area is 134 Å². The van der Waals surface area contributed by atoms with Crippen molar-refractivity contribution in [2.45, 2.75) is 13.0 Å². The maximum absolute atomic E-state index is 13.6. The second-order valence-corrected chi connectivity index (χ2v) is 6.22. The molecule has 2 aromatic rings. The fraction of sp³-hybridized carbons (Fsp3) is 0.200. The van der Waals surface area contributed by atoms with Gasteiger partial charge in [-0.2, -0.15) is 0 Å². The monoisotopic (exact) mass is 401 g/mol. The molecule has 5 heteroatoms. The Hall–Kier alpha value is -0.910. The van der Waals surface area contributed by atoms with Gasteiger partial charge in [0.15, 0.2) is 0 Å². The molecule has 0 aliphatic carbocycles. The average Bonchev–Trinajstić information content (AvgIpc) is 2.40. The minimum absolute atomic E-state index is 0.368. The number of hydrogen-bond donors (Lipinski definition) is 1. The quantitative estimate of drug-likeness (QED) is 0.806. The highest BCUT2D eigenvalue weighted by Gasteiger charge is 2.18. The molecule has 0 saturated heterocycles. The molecular formula is C15H14Br2FNO. The first-order chi connectivity index (χ1) is 9.43. The lowest BCUT2D eigenvalue weighted by molar-refractivity contribution is 0.404. The molecule has 0 heterocycles. The third kappa shape index (κ3) is 3.05. The molecule has 2 nitrogen and oxygen atoms in total. The Balaban J connectivity index is 2.52. The highest BCUT2D eigenvalue weighted by atomic mass is 79.9. The van der Waals surface area contributed by atoms with Gasteiger partial charge in [0.1, 0.15) is 11.6 Å². The molecule has 0 aliphatic heterocycles. The van der Waals surface area contributed by atoms with Crippen LogP contribution in [0.2, 0.25) is 0 Å². The lowest BCUT2D eigenvalue weighted by Gasteiger charge is -2.18. The number of halogens is 3. The van der Waals surface area contributed by atoms with Gasteiger partial charge in [-0.05, 0) is 46.1 Å². The van der Waals surface area contributed by atoms with E-state index in [1.165, 1.54) is 13.2 Å². The zero-order valence-electron chi connectivity index (χ0n) is 11.1. The van der Waals surface area contributed by atoms with E-state index in [9.17, 15) is 4.39 Å². The smallest absolute Gasteiger partial charge is 0.141 e. The van der Waals surface area contributed by atoms with Crippen molar-refractivity contribution >= 4 is 31.9 Å². The summed E-state index contributed by atoms with van der Waals surface area (Å²) in [6.07, 6.45) is 0. The Morgan fingerprint density at radius 3 is 2.40 bits per heavy atom. The molecule has 106 valence electrons. The predicted octanol–water partition coefficient (Wildman–Crippen LogP) is 4.72. The first-order valence-electron chi connectivity index (χ1n) is 5.98. The summed E-state index contributed by atoms with van der Waals surface area (Å²) in [6, 6.07) is 8.54. The Morgan fingerprint density at radius 1 is 1.10 bits per heavy atom. The number of nitrogens with two attached hydrogens (primary N) is 1. The Kier molecular flexibility index (Phi) is 4.83. The molecule has 0 amide bonds. The minimum Gasteiger partial charge on any atom is -0.496 e. The van der Waals surface area contributed by atoms with Crippen LogP contribution in [0, 0.1) is 12.7 Å². The van der Waals surface area contributed by atoms with Crippen molar-refractivity contribution in [2.75, 3.05) is 7.11 Å². The van der Waals surface area contributed by atoms with Crippen molar-refractivity contribution in [1.29, 1.82) is 0 Å². The number of hydrogen-bond acceptors (Lipinski definition) is 2. The lowest BCUT2D eigenvalue weighted by Crippen LogP contribution is -2.14. The zero-order valence-corrected chi connectivity index (χ0v) is 14.3. The van der Waals surface area contributed by atoms with E-state index in [0.717, 1.165) is 21.2 Å². The molecule has 0 radical (unpaired) electrons. The van der Waals surface area contributed by atoms with E-state index in [-0.39, 0.29) is 5.82 Å². The summed E-state index contributed by atoms with van der Waals surface area (Å²) in [5, 5.41) is 0. The van der Waals surface area contributed by atoms with Crippen LogP contribution in [0.3, 0.4) is 0 Å². The zero-order chi connectivity index (χ0) is 14.9. The van der Waals surface area contributed by atoms with E-state index in [4.69, 9.17) is 10.5 Å². The van der Waals surface area contributed by atoms with Gasteiger partial charge in [-0.3, -0.25) is 0 Å². The van der Waals surface area contributed by atoms with Gasteiger partial charge < -0.3 is 10.5 Å². The summed E-state index contributed by atoms with van der Waals surface area (Å²) in [5.74, 6) is 0.0615. The van der Waals surface area contributed by atoms with Crippen molar-refractivity contribution in [3.05, 3.63) is 61.8 Å². The number of rotatable bonds is 3. The van der Waals surface area contributed by atoms with Gasteiger partial charge in [0.2, 0.25) is 0 Å². The molecule has 0 saturated carbocycles. The van der Waals surface area contributed by atoms with Crippen LogP contribution in [0.5, 0.6) is 5.75 Å². The van der Waals surface area contributed by atoms with Crippen molar-refractivity contribution < 1.29 is 9.13 Å². The number of ether oxygens (including phenoxy) is 1. The number of benzene rings is 2. The molecule has 1 unspecified atom stereocenters. The lowest BCUT2D eigenvalue weighted by atomic mass is 9.98. The SMILES string of the molecule is COc1cc(F)c(Br)cc1C(N)c1ccc(C)cc1Br. The first kappa shape index (κ1) is 15.5. The molecule has 0 spiro atoms. The minimum atomic E-state index is -0.406. The average molecular weight is 403 g/mol. The molecule has 2 rings (SSSR count).